The molecule has 5 rings (SSSR count). The molecule has 0 radical (unpaired) electrons. The summed E-state index contributed by atoms with van der Waals surface area (Å²) in [7, 11) is 0. The third kappa shape index (κ3) is 5.98. The van der Waals surface area contributed by atoms with Gasteiger partial charge >= 0.3 is 0 Å². The van der Waals surface area contributed by atoms with E-state index in [4.69, 9.17) is 16.3 Å². The molecule has 0 aliphatic carbocycles. The van der Waals surface area contributed by atoms with E-state index < -0.39 is 0 Å². The highest BCUT2D eigenvalue weighted by Crippen LogP contribution is 2.36. The second-order valence-corrected chi connectivity index (χ2v) is 9.77. The van der Waals surface area contributed by atoms with Crippen molar-refractivity contribution in [1.82, 2.24) is 14.8 Å². The number of hydrogen-bond donors (Lipinski definition) is 1. The Bertz CT molecular complexity index is 1300. The van der Waals surface area contributed by atoms with E-state index in [1.807, 2.05) is 24.3 Å². The minimum atomic E-state index is -0.103. The number of carbonyl (C=O) groups excluding carboxylic acids is 1. The summed E-state index contributed by atoms with van der Waals surface area (Å²) >= 11 is 6.39. The minimum Gasteiger partial charge on any atom is -0.379 e. The number of rotatable bonds is 9. The number of amides is 1. The van der Waals surface area contributed by atoms with Crippen molar-refractivity contribution in [2.75, 3.05) is 39.4 Å². The molecule has 0 saturated carbocycles. The van der Waals surface area contributed by atoms with Crippen molar-refractivity contribution in [2.24, 2.45) is 0 Å². The zero-order valence-electron chi connectivity index (χ0n) is 20.4. The molecule has 3 aromatic carbocycles. The molecule has 0 spiro atoms. The number of aromatic nitrogens is 1. The Balaban J connectivity index is 1.41. The molecule has 1 amide bonds. The van der Waals surface area contributed by atoms with Crippen LogP contribution in [0.15, 0.2) is 85.1 Å². The normalized spacial score (nSPS) is 15.1. The van der Waals surface area contributed by atoms with Gasteiger partial charge in [-0.3, -0.25) is 9.69 Å². The first kappa shape index (κ1) is 24.6. The molecule has 2 heterocycles. The lowest BCUT2D eigenvalue weighted by Gasteiger charge is -2.26. The molecule has 1 aromatic heterocycles. The van der Waals surface area contributed by atoms with Crippen LogP contribution in [0.5, 0.6) is 0 Å². The quantitative estimate of drug-likeness (QED) is 0.338. The number of nitrogens with zero attached hydrogens (tertiary/aromatic N) is 2. The van der Waals surface area contributed by atoms with Crippen molar-refractivity contribution in [3.63, 3.8) is 0 Å². The lowest BCUT2D eigenvalue weighted by Crippen LogP contribution is -2.41. The van der Waals surface area contributed by atoms with E-state index in [9.17, 15) is 4.79 Å². The van der Waals surface area contributed by atoms with Gasteiger partial charge in [0.05, 0.1) is 13.2 Å². The fraction of sp³-hybridized carbons (Fsp3) is 0.300. The van der Waals surface area contributed by atoms with E-state index in [-0.39, 0.29) is 11.8 Å². The van der Waals surface area contributed by atoms with Gasteiger partial charge < -0.3 is 14.6 Å². The van der Waals surface area contributed by atoms with Crippen LogP contribution >= 0.6 is 11.6 Å². The highest BCUT2D eigenvalue weighted by Gasteiger charge is 2.23. The predicted molar refractivity (Wildman–Crippen MR) is 146 cm³/mol. The molecule has 1 saturated heterocycles. The van der Waals surface area contributed by atoms with Gasteiger partial charge in [0.15, 0.2) is 0 Å². The molecule has 1 aliphatic rings. The minimum absolute atomic E-state index is 0.0492. The maximum Gasteiger partial charge on any atom is 0.220 e. The van der Waals surface area contributed by atoms with Gasteiger partial charge in [-0.05, 0) is 34.9 Å². The van der Waals surface area contributed by atoms with E-state index in [1.165, 1.54) is 10.9 Å². The Morgan fingerprint density at radius 3 is 2.56 bits per heavy atom. The van der Waals surface area contributed by atoms with Gasteiger partial charge in [0, 0.05) is 67.2 Å². The van der Waals surface area contributed by atoms with Crippen LogP contribution < -0.4 is 5.32 Å². The van der Waals surface area contributed by atoms with Crippen molar-refractivity contribution in [1.29, 1.82) is 0 Å². The Morgan fingerprint density at radius 1 is 0.972 bits per heavy atom. The van der Waals surface area contributed by atoms with Gasteiger partial charge in [-0.2, -0.15) is 0 Å². The van der Waals surface area contributed by atoms with E-state index in [0.29, 0.717) is 18.0 Å². The summed E-state index contributed by atoms with van der Waals surface area (Å²) < 4.78 is 7.71. The number of halogens is 1. The van der Waals surface area contributed by atoms with Gasteiger partial charge in [-0.15, -0.1) is 0 Å². The van der Waals surface area contributed by atoms with Gasteiger partial charge in [0.2, 0.25) is 5.91 Å². The molecule has 1 unspecified atom stereocenters. The number of morpholine rings is 1. The van der Waals surface area contributed by atoms with Crippen LogP contribution in [0.3, 0.4) is 0 Å². The Labute approximate surface area is 217 Å². The van der Waals surface area contributed by atoms with Crippen molar-refractivity contribution in [2.45, 2.75) is 18.9 Å². The molecule has 36 heavy (non-hydrogen) atoms. The Morgan fingerprint density at radius 2 is 1.75 bits per heavy atom. The summed E-state index contributed by atoms with van der Waals surface area (Å²) in [6, 6.07) is 26.8. The molecule has 6 heteroatoms. The van der Waals surface area contributed by atoms with Crippen molar-refractivity contribution in [3.05, 3.63) is 107 Å². The molecule has 1 N–H and O–H groups in total. The number of nitrogens with one attached hydrogen (secondary N) is 1. The molecule has 5 nitrogen and oxygen atoms in total. The first-order chi connectivity index (χ1) is 17.7. The van der Waals surface area contributed by atoms with Gasteiger partial charge in [0.1, 0.15) is 0 Å². The molecule has 1 fully saturated rings. The smallest absolute Gasteiger partial charge is 0.220 e. The summed E-state index contributed by atoms with van der Waals surface area (Å²) in [4.78, 5) is 15.5. The standard InChI is InChI=1S/C30H32ClN3O2/c31-25-10-6-9-24(19-25)27(20-30(35)32-13-14-33-15-17-36-18-16-33)28-22-34(21-23-7-2-1-3-8-23)29-12-5-4-11-26(28)29/h1-12,19,22,27H,13-18,20-21H2,(H,32,35). The number of carbonyl (C=O) groups is 1. The molecule has 0 bridgehead atoms. The average molecular weight is 502 g/mol. The van der Waals surface area contributed by atoms with Crippen LogP contribution in [0.25, 0.3) is 10.9 Å². The summed E-state index contributed by atoms with van der Waals surface area (Å²) in [6.45, 7) is 5.61. The van der Waals surface area contributed by atoms with E-state index in [0.717, 1.165) is 56.0 Å². The fourth-order valence-electron chi connectivity index (χ4n) is 5.03. The van der Waals surface area contributed by atoms with E-state index in [1.54, 1.807) is 0 Å². The molecule has 1 atom stereocenters. The van der Waals surface area contributed by atoms with Gasteiger partial charge in [-0.1, -0.05) is 72.3 Å². The maximum atomic E-state index is 13.2. The zero-order valence-corrected chi connectivity index (χ0v) is 21.2. The van der Waals surface area contributed by atoms with Crippen LogP contribution in [-0.4, -0.2) is 54.8 Å². The highest BCUT2D eigenvalue weighted by molar-refractivity contribution is 6.30. The fourth-order valence-corrected chi connectivity index (χ4v) is 5.23. The van der Waals surface area contributed by atoms with Crippen LogP contribution in [0.4, 0.5) is 0 Å². The lowest BCUT2D eigenvalue weighted by molar-refractivity contribution is -0.121. The van der Waals surface area contributed by atoms with Crippen LogP contribution in [0.2, 0.25) is 5.02 Å². The monoisotopic (exact) mass is 501 g/mol. The van der Waals surface area contributed by atoms with E-state index in [2.05, 4.69) is 75.6 Å². The summed E-state index contributed by atoms with van der Waals surface area (Å²) in [5.41, 5.74) is 4.60. The first-order valence-corrected chi connectivity index (χ1v) is 13.0. The largest absolute Gasteiger partial charge is 0.379 e. The maximum absolute atomic E-state index is 13.2. The second kappa shape index (κ2) is 11.7. The van der Waals surface area contributed by atoms with Crippen LogP contribution in [0, 0.1) is 0 Å². The van der Waals surface area contributed by atoms with Crippen molar-refractivity contribution in [3.8, 4) is 0 Å². The topological polar surface area (TPSA) is 46.5 Å². The number of fused-ring (bicyclic) bond motifs is 1. The zero-order chi connectivity index (χ0) is 24.7. The third-order valence-corrected chi connectivity index (χ3v) is 7.12. The Kier molecular flexibility index (Phi) is 8.01. The summed E-state index contributed by atoms with van der Waals surface area (Å²) in [5, 5.41) is 4.99. The average Bonchev–Trinajstić information content (AvgIpc) is 3.26. The molecule has 1 aliphatic heterocycles. The summed E-state index contributed by atoms with van der Waals surface area (Å²) in [6.07, 6.45) is 2.58. The predicted octanol–water partition coefficient (Wildman–Crippen LogP) is 5.31. The number of benzene rings is 3. The van der Waals surface area contributed by atoms with Crippen LogP contribution in [-0.2, 0) is 16.1 Å². The van der Waals surface area contributed by atoms with Crippen molar-refractivity contribution < 1.29 is 9.53 Å². The molecule has 186 valence electrons. The van der Waals surface area contributed by atoms with Crippen molar-refractivity contribution >= 4 is 28.4 Å². The number of ether oxygens (including phenoxy) is 1. The van der Waals surface area contributed by atoms with E-state index >= 15 is 0 Å². The number of hydrogen-bond acceptors (Lipinski definition) is 3. The van der Waals surface area contributed by atoms with Gasteiger partial charge in [0.25, 0.3) is 0 Å². The summed E-state index contributed by atoms with van der Waals surface area (Å²) in [5.74, 6) is -0.0536. The molecule has 4 aromatic rings. The van der Waals surface area contributed by atoms with Gasteiger partial charge in [-0.25, -0.2) is 0 Å². The first-order valence-electron chi connectivity index (χ1n) is 12.6. The lowest BCUT2D eigenvalue weighted by atomic mass is 9.88. The SMILES string of the molecule is O=C(CC(c1cccc(Cl)c1)c1cn(Cc2ccccc2)c2ccccc12)NCCN1CCOCC1. The molecular formula is C30H32ClN3O2. The van der Waals surface area contributed by atoms with Crippen LogP contribution in [0.1, 0.15) is 29.0 Å². The Hall–Kier alpha value is -3.12. The third-order valence-electron chi connectivity index (χ3n) is 6.89. The molecular weight excluding hydrogens is 470 g/mol. The number of para-hydroxylation sites is 1. The highest BCUT2D eigenvalue weighted by atomic mass is 35.5. The second-order valence-electron chi connectivity index (χ2n) is 9.33.